The number of rotatable bonds is 2. The van der Waals surface area contributed by atoms with E-state index < -0.39 is 0 Å². The number of hydrogen-bond donors (Lipinski definition) is 0. The summed E-state index contributed by atoms with van der Waals surface area (Å²) in [5.74, 6) is 0.309. The summed E-state index contributed by atoms with van der Waals surface area (Å²) in [5.41, 5.74) is 0. The molecule has 0 bridgehead atoms. The van der Waals surface area contributed by atoms with Crippen molar-refractivity contribution in [3.05, 3.63) is 0 Å². The van der Waals surface area contributed by atoms with Crippen molar-refractivity contribution in [2.75, 3.05) is 26.2 Å². The van der Waals surface area contributed by atoms with Crippen LogP contribution in [0.25, 0.3) is 0 Å². The maximum absolute atomic E-state index is 12.6. The lowest BCUT2D eigenvalue weighted by Crippen LogP contribution is -2.54. The van der Waals surface area contributed by atoms with Gasteiger partial charge in [-0.2, -0.15) is 0 Å². The Balaban J connectivity index is 1.93. The van der Waals surface area contributed by atoms with Crippen molar-refractivity contribution in [1.29, 1.82) is 0 Å². The van der Waals surface area contributed by atoms with Gasteiger partial charge in [0.2, 0.25) is 5.91 Å². The summed E-state index contributed by atoms with van der Waals surface area (Å²) >= 11 is 0. The maximum atomic E-state index is 12.6. The van der Waals surface area contributed by atoms with E-state index in [-0.39, 0.29) is 18.2 Å². The summed E-state index contributed by atoms with van der Waals surface area (Å²) in [4.78, 5) is 17.0. The molecular formula is C15H28N2O2. The average molecular weight is 268 g/mol. The van der Waals surface area contributed by atoms with E-state index in [0.717, 1.165) is 39.0 Å². The number of nitrogens with zero attached hydrogens (tertiary/aromatic N) is 2. The van der Waals surface area contributed by atoms with Gasteiger partial charge in [-0.1, -0.05) is 12.8 Å². The first-order valence-corrected chi connectivity index (χ1v) is 7.76. The van der Waals surface area contributed by atoms with E-state index in [1.807, 2.05) is 0 Å². The van der Waals surface area contributed by atoms with Gasteiger partial charge in [-0.25, -0.2) is 0 Å². The second kappa shape index (κ2) is 6.71. The minimum absolute atomic E-state index is 0.00750. The standard InChI is InChI=1S/C15H28N2O2/c1-12-10-17(11-13(2)19-12)14(3)15(18)16-8-6-4-5-7-9-16/h12-14H,4-11H2,1-3H3. The minimum Gasteiger partial charge on any atom is -0.373 e. The third kappa shape index (κ3) is 3.93. The van der Waals surface area contributed by atoms with Crippen molar-refractivity contribution in [2.45, 2.75) is 64.7 Å². The van der Waals surface area contributed by atoms with Crippen molar-refractivity contribution in [1.82, 2.24) is 9.80 Å². The Kier molecular flexibility index (Phi) is 5.22. The Morgan fingerprint density at radius 1 is 1.05 bits per heavy atom. The molecule has 1 amide bonds. The van der Waals surface area contributed by atoms with E-state index in [9.17, 15) is 4.79 Å². The zero-order chi connectivity index (χ0) is 13.8. The Morgan fingerprint density at radius 3 is 2.11 bits per heavy atom. The number of carbonyl (C=O) groups excluding carboxylic acids is 1. The van der Waals surface area contributed by atoms with E-state index >= 15 is 0 Å². The topological polar surface area (TPSA) is 32.8 Å². The summed E-state index contributed by atoms with van der Waals surface area (Å²) in [5, 5.41) is 0. The molecule has 4 nitrogen and oxygen atoms in total. The Bertz CT molecular complexity index is 291. The molecule has 0 aromatic heterocycles. The number of ether oxygens (including phenoxy) is 1. The molecular weight excluding hydrogens is 240 g/mol. The molecule has 110 valence electrons. The van der Waals surface area contributed by atoms with Crippen LogP contribution in [0.5, 0.6) is 0 Å². The lowest BCUT2D eigenvalue weighted by Gasteiger charge is -2.39. The van der Waals surface area contributed by atoms with Gasteiger partial charge in [-0.15, -0.1) is 0 Å². The largest absolute Gasteiger partial charge is 0.373 e. The van der Waals surface area contributed by atoms with Gasteiger partial charge in [0.25, 0.3) is 0 Å². The predicted octanol–water partition coefficient (Wildman–Crippen LogP) is 1.89. The van der Waals surface area contributed by atoms with Crippen molar-refractivity contribution in [3.63, 3.8) is 0 Å². The first-order valence-electron chi connectivity index (χ1n) is 7.76. The van der Waals surface area contributed by atoms with Crippen molar-refractivity contribution in [2.24, 2.45) is 0 Å². The summed E-state index contributed by atoms with van der Waals surface area (Å²) in [6, 6.07) is -0.00750. The fraction of sp³-hybridized carbons (Fsp3) is 0.933. The molecule has 2 fully saturated rings. The summed E-state index contributed by atoms with van der Waals surface area (Å²) in [6.07, 6.45) is 5.31. The summed E-state index contributed by atoms with van der Waals surface area (Å²) < 4.78 is 5.75. The van der Waals surface area contributed by atoms with E-state index in [4.69, 9.17) is 4.74 Å². The molecule has 3 unspecified atom stereocenters. The quantitative estimate of drug-likeness (QED) is 0.766. The second-order valence-electron chi connectivity index (χ2n) is 6.13. The van der Waals surface area contributed by atoms with Gasteiger partial charge in [0.05, 0.1) is 18.2 Å². The fourth-order valence-corrected chi connectivity index (χ4v) is 3.25. The first-order chi connectivity index (χ1) is 9.08. The van der Waals surface area contributed by atoms with Crippen molar-refractivity contribution >= 4 is 5.91 Å². The number of carbonyl (C=O) groups is 1. The normalized spacial score (nSPS) is 31.8. The molecule has 2 saturated heterocycles. The number of hydrogen-bond acceptors (Lipinski definition) is 3. The zero-order valence-corrected chi connectivity index (χ0v) is 12.6. The molecule has 4 heteroatoms. The van der Waals surface area contributed by atoms with Crippen LogP contribution in [-0.4, -0.2) is 60.1 Å². The number of amides is 1. The maximum Gasteiger partial charge on any atom is 0.239 e. The Hall–Kier alpha value is -0.610. The van der Waals surface area contributed by atoms with Crippen LogP contribution in [-0.2, 0) is 9.53 Å². The third-order valence-corrected chi connectivity index (χ3v) is 4.27. The van der Waals surface area contributed by atoms with E-state index in [1.165, 1.54) is 12.8 Å². The molecule has 0 aromatic rings. The Labute approximate surface area is 117 Å². The van der Waals surface area contributed by atoms with E-state index in [1.54, 1.807) is 0 Å². The van der Waals surface area contributed by atoms with Gasteiger partial charge in [0, 0.05) is 26.2 Å². The molecule has 2 rings (SSSR count). The molecule has 3 atom stereocenters. The lowest BCUT2D eigenvalue weighted by atomic mass is 10.1. The minimum atomic E-state index is -0.00750. The number of morpholine rings is 1. The van der Waals surface area contributed by atoms with Gasteiger partial charge in [0.1, 0.15) is 0 Å². The molecule has 0 N–H and O–H groups in total. The SMILES string of the molecule is CC1CN(C(C)C(=O)N2CCCCCC2)CC(C)O1. The number of likely N-dealkylation sites (tertiary alicyclic amines) is 1. The highest BCUT2D eigenvalue weighted by Gasteiger charge is 2.31. The van der Waals surface area contributed by atoms with Gasteiger partial charge in [-0.05, 0) is 33.6 Å². The monoisotopic (exact) mass is 268 g/mol. The van der Waals surface area contributed by atoms with Crippen LogP contribution in [0.4, 0.5) is 0 Å². The van der Waals surface area contributed by atoms with Crippen LogP contribution in [0, 0.1) is 0 Å². The smallest absolute Gasteiger partial charge is 0.239 e. The summed E-state index contributed by atoms with van der Waals surface area (Å²) in [7, 11) is 0. The zero-order valence-electron chi connectivity index (χ0n) is 12.6. The average Bonchev–Trinajstić information content (AvgIpc) is 2.64. The van der Waals surface area contributed by atoms with Crippen LogP contribution < -0.4 is 0 Å². The van der Waals surface area contributed by atoms with Crippen molar-refractivity contribution in [3.8, 4) is 0 Å². The highest BCUT2D eigenvalue weighted by atomic mass is 16.5. The van der Waals surface area contributed by atoms with Gasteiger partial charge in [-0.3, -0.25) is 9.69 Å². The fourth-order valence-electron chi connectivity index (χ4n) is 3.25. The highest BCUT2D eigenvalue weighted by molar-refractivity contribution is 5.81. The van der Waals surface area contributed by atoms with Crippen LogP contribution in [0.2, 0.25) is 0 Å². The van der Waals surface area contributed by atoms with Crippen LogP contribution in [0.3, 0.4) is 0 Å². The molecule has 0 radical (unpaired) electrons. The van der Waals surface area contributed by atoms with Gasteiger partial charge in [0.15, 0.2) is 0 Å². The third-order valence-electron chi connectivity index (χ3n) is 4.27. The molecule has 19 heavy (non-hydrogen) atoms. The second-order valence-corrected chi connectivity index (χ2v) is 6.13. The first kappa shape index (κ1) is 14.8. The molecule has 0 saturated carbocycles. The predicted molar refractivity (Wildman–Crippen MR) is 76.1 cm³/mol. The molecule has 0 spiro atoms. The molecule has 2 heterocycles. The Morgan fingerprint density at radius 2 is 1.58 bits per heavy atom. The van der Waals surface area contributed by atoms with Gasteiger partial charge < -0.3 is 9.64 Å². The molecule has 2 aliphatic heterocycles. The molecule has 0 aliphatic carbocycles. The lowest BCUT2D eigenvalue weighted by molar-refractivity contribution is -0.141. The van der Waals surface area contributed by atoms with Crippen LogP contribution in [0.15, 0.2) is 0 Å². The van der Waals surface area contributed by atoms with E-state index in [0.29, 0.717) is 5.91 Å². The molecule has 2 aliphatic rings. The van der Waals surface area contributed by atoms with E-state index in [2.05, 4.69) is 30.6 Å². The van der Waals surface area contributed by atoms with Crippen LogP contribution >= 0.6 is 0 Å². The van der Waals surface area contributed by atoms with Crippen LogP contribution in [0.1, 0.15) is 46.5 Å². The van der Waals surface area contributed by atoms with Crippen molar-refractivity contribution < 1.29 is 9.53 Å². The summed E-state index contributed by atoms with van der Waals surface area (Å²) in [6.45, 7) is 9.85. The highest BCUT2D eigenvalue weighted by Crippen LogP contribution is 2.17. The molecule has 0 aromatic carbocycles. The van der Waals surface area contributed by atoms with Gasteiger partial charge >= 0.3 is 0 Å².